The summed E-state index contributed by atoms with van der Waals surface area (Å²) in [6.45, 7) is 1.28. The van der Waals surface area contributed by atoms with Crippen molar-refractivity contribution in [3.8, 4) is 0 Å². The molecular weight excluding hydrogens is 300 g/mol. The Balaban J connectivity index is 2.09. The third kappa shape index (κ3) is 2.60. The van der Waals surface area contributed by atoms with Crippen molar-refractivity contribution in [2.45, 2.75) is 6.04 Å². The van der Waals surface area contributed by atoms with Gasteiger partial charge in [-0.05, 0) is 42.2 Å². The van der Waals surface area contributed by atoms with Gasteiger partial charge >= 0.3 is 0 Å². The smallest absolute Gasteiger partial charge is 0.289 e. The van der Waals surface area contributed by atoms with Gasteiger partial charge in [-0.15, -0.1) is 0 Å². The minimum atomic E-state index is -0.122. The highest BCUT2D eigenvalue weighted by Crippen LogP contribution is 2.23. The number of rotatable bonds is 3. The van der Waals surface area contributed by atoms with Crippen LogP contribution in [0.15, 0.2) is 21.2 Å². The molecular formula is C12H17BrN2O3. The molecule has 5 nitrogen and oxygen atoms in total. The number of furan rings is 1. The lowest BCUT2D eigenvalue weighted by Gasteiger charge is -2.23. The zero-order valence-corrected chi connectivity index (χ0v) is 12.1. The summed E-state index contributed by atoms with van der Waals surface area (Å²) in [7, 11) is 3.93. The average Bonchev–Trinajstić information content (AvgIpc) is 2.93. The molecule has 0 aliphatic carbocycles. The first kappa shape index (κ1) is 13.6. The van der Waals surface area contributed by atoms with Gasteiger partial charge in [0.1, 0.15) is 0 Å². The van der Waals surface area contributed by atoms with Crippen molar-refractivity contribution in [1.29, 1.82) is 0 Å². The van der Waals surface area contributed by atoms with Gasteiger partial charge in [-0.3, -0.25) is 4.79 Å². The van der Waals surface area contributed by atoms with Crippen LogP contribution in [-0.4, -0.2) is 60.6 Å². The molecule has 1 aliphatic rings. The van der Waals surface area contributed by atoms with E-state index in [-0.39, 0.29) is 24.5 Å². The van der Waals surface area contributed by atoms with E-state index in [0.29, 0.717) is 23.5 Å². The molecule has 2 rings (SSSR count). The van der Waals surface area contributed by atoms with Crippen molar-refractivity contribution in [1.82, 2.24) is 9.80 Å². The average molecular weight is 317 g/mol. The maximum atomic E-state index is 12.2. The monoisotopic (exact) mass is 316 g/mol. The summed E-state index contributed by atoms with van der Waals surface area (Å²) >= 11 is 3.18. The first-order valence-electron chi connectivity index (χ1n) is 5.85. The lowest BCUT2D eigenvalue weighted by atomic mass is 10.0. The molecule has 2 heterocycles. The number of hydrogen-bond acceptors (Lipinski definition) is 4. The first-order valence-corrected chi connectivity index (χ1v) is 6.64. The van der Waals surface area contributed by atoms with Crippen LogP contribution < -0.4 is 0 Å². The maximum absolute atomic E-state index is 12.2. The van der Waals surface area contributed by atoms with E-state index in [2.05, 4.69) is 15.9 Å². The highest BCUT2D eigenvalue weighted by molar-refractivity contribution is 9.10. The molecule has 100 valence electrons. The summed E-state index contributed by atoms with van der Waals surface area (Å²) in [5, 5.41) is 9.36. The zero-order chi connectivity index (χ0) is 13.3. The number of aliphatic hydroxyl groups excluding tert-OH is 1. The van der Waals surface area contributed by atoms with Gasteiger partial charge in [-0.25, -0.2) is 0 Å². The molecule has 1 fully saturated rings. The van der Waals surface area contributed by atoms with Gasteiger partial charge in [0, 0.05) is 31.7 Å². The highest BCUT2D eigenvalue weighted by atomic mass is 79.9. The zero-order valence-electron chi connectivity index (χ0n) is 10.5. The molecule has 2 atom stereocenters. The molecule has 0 spiro atoms. The van der Waals surface area contributed by atoms with Gasteiger partial charge in [0.15, 0.2) is 10.4 Å². The van der Waals surface area contributed by atoms with Crippen LogP contribution in [0.5, 0.6) is 0 Å². The van der Waals surface area contributed by atoms with Crippen LogP contribution in [0, 0.1) is 5.92 Å². The number of halogens is 1. The maximum Gasteiger partial charge on any atom is 0.289 e. The standard InChI is InChI=1S/C12H17BrN2O3/c1-14(2)9-6-15(5-8(9)7-16)12(17)10-3-4-11(13)18-10/h3-4,8-9,16H,5-7H2,1-2H3/t8-,9+/m0/s1. The molecule has 0 saturated carbocycles. The summed E-state index contributed by atoms with van der Waals surface area (Å²) in [4.78, 5) is 16.0. The minimum Gasteiger partial charge on any atom is -0.444 e. The van der Waals surface area contributed by atoms with Gasteiger partial charge in [0.25, 0.3) is 5.91 Å². The molecule has 0 radical (unpaired) electrons. The van der Waals surface area contributed by atoms with Gasteiger partial charge < -0.3 is 19.3 Å². The molecule has 1 aliphatic heterocycles. The van der Waals surface area contributed by atoms with Gasteiger partial charge in [0.05, 0.1) is 0 Å². The third-order valence-corrected chi connectivity index (χ3v) is 3.80. The number of aliphatic hydroxyl groups is 1. The fourth-order valence-electron chi connectivity index (χ4n) is 2.37. The fourth-order valence-corrected chi connectivity index (χ4v) is 2.68. The van der Waals surface area contributed by atoms with Crippen molar-refractivity contribution < 1.29 is 14.3 Å². The second-order valence-corrected chi connectivity index (χ2v) is 5.57. The Morgan fingerprint density at radius 2 is 2.28 bits per heavy atom. The lowest BCUT2D eigenvalue weighted by Crippen LogP contribution is -2.37. The second-order valence-electron chi connectivity index (χ2n) is 4.79. The largest absolute Gasteiger partial charge is 0.444 e. The predicted octanol–water partition coefficient (Wildman–Crippen LogP) is 1.04. The van der Waals surface area contributed by atoms with E-state index >= 15 is 0 Å². The fraction of sp³-hybridized carbons (Fsp3) is 0.583. The Morgan fingerprint density at radius 3 is 2.72 bits per heavy atom. The Hall–Kier alpha value is -0.850. The van der Waals surface area contributed by atoms with E-state index in [1.807, 2.05) is 19.0 Å². The molecule has 1 amide bonds. The van der Waals surface area contributed by atoms with Crippen LogP contribution in [0.25, 0.3) is 0 Å². The Labute approximate surface area is 114 Å². The molecule has 18 heavy (non-hydrogen) atoms. The summed E-state index contributed by atoms with van der Waals surface area (Å²) in [6, 6.07) is 3.55. The van der Waals surface area contributed by atoms with Crippen LogP contribution in [0.1, 0.15) is 10.6 Å². The quantitative estimate of drug-likeness (QED) is 0.905. The molecule has 1 saturated heterocycles. The van der Waals surface area contributed by atoms with E-state index in [0.717, 1.165) is 0 Å². The molecule has 1 aromatic rings. The molecule has 1 N–H and O–H groups in total. The van der Waals surface area contributed by atoms with Crippen molar-refractivity contribution in [3.05, 3.63) is 22.6 Å². The summed E-state index contributed by atoms with van der Waals surface area (Å²) in [6.07, 6.45) is 0. The number of likely N-dealkylation sites (N-methyl/N-ethyl adjacent to an activating group) is 1. The molecule has 0 bridgehead atoms. The van der Waals surface area contributed by atoms with Crippen molar-refractivity contribution >= 4 is 21.8 Å². The number of likely N-dealkylation sites (tertiary alicyclic amines) is 1. The predicted molar refractivity (Wildman–Crippen MR) is 70.4 cm³/mol. The Bertz CT molecular complexity index is 433. The SMILES string of the molecule is CN(C)[C@@H]1CN(C(=O)c2ccc(Br)o2)C[C@H]1CO. The summed E-state index contributed by atoms with van der Waals surface area (Å²) in [5.41, 5.74) is 0. The van der Waals surface area contributed by atoms with Gasteiger partial charge in [0.2, 0.25) is 0 Å². The van der Waals surface area contributed by atoms with Crippen molar-refractivity contribution in [2.24, 2.45) is 5.92 Å². The molecule has 1 aromatic heterocycles. The van der Waals surface area contributed by atoms with Crippen LogP contribution in [-0.2, 0) is 0 Å². The van der Waals surface area contributed by atoms with Crippen LogP contribution in [0.2, 0.25) is 0 Å². The van der Waals surface area contributed by atoms with Crippen LogP contribution in [0.4, 0.5) is 0 Å². The third-order valence-electron chi connectivity index (χ3n) is 3.38. The van der Waals surface area contributed by atoms with E-state index < -0.39 is 0 Å². The topological polar surface area (TPSA) is 56.9 Å². The summed E-state index contributed by atoms with van der Waals surface area (Å²) < 4.78 is 5.82. The Morgan fingerprint density at radius 1 is 1.56 bits per heavy atom. The van der Waals surface area contributed by atoms with Crippen LogP contribution in [0.3, 0.4) is 0 Å². The lowest BCUT2D eigenvalue weighted by molar-refractivity contribution is 0.0746. The van der Waals surface area contributed by atoms with E-state index in [1.54, 1.807) is 17.0 Å². The number of carbonyl (C=O) groups excluding carboxylic acids is 1. The molecule has 0 aromatic carbocycles. The van der Waals surface area contributed by atoms with Gasteiger partial charge in [-0.1, -0.05) is 0 Å². The number of hydrogen-bond donors (Lipinski definition) is 1. The Kier molecular flexibility index (Phi) is 4.09. The first-order chi connectivity index (χ1) is 8.52. The molecule has 0 unspecified atom stereocenters. The van der Waals surface area contributed by atoms with Gasteiger partial charge in [-0.2, -0.15) is 0 Å². The van der Waals surface area contributed by atoms with Crippen molar-refractivity contribution in [3.63, 3.8) is 0 Å². The highest BCUT2D eigenvalue weighted by Gasteiger charge is 2.37. The van der Waals surface area contributed by atoms with E-state index in [4.69, 9.17) is 4.42 Å². The number of nitrogens with zero attached hydrogens (tertiary/aromatic N) is 2. The van der Waals surface area contributed by atoms with Crippen molar-refractivity contribution in [2.75, 3.05) is 33.8 Å². The minimum absolute atomic E-state index is 0.0917. The second kappa shape index (κ2) is 5.42. The number of amides is 1. The summed E-state index contributed by atoms with van der Waals surface area (Å²) in [5.74, 6) is 0.309. The normalized spacial score (nSPS) is 23.9. The van der Waals surface area contributed by atoms with E-state index in [9.17, 15) is 9.90 Å². The van der Waals surface area contributed by atoms with Crippen LogP contribution >= 0.6 is 15.9 Å². The molecule has 6 heteroatoms. The number of carbonyl (C=O) groups is 1. The van der Waals surface area contributed by atoms with E-state index in [1.165, 1.54) is 0 Å².